The quantitative estimate of drug-likeness (QED) is 0.152. The van der Waals surface area contributed by atoms with E-state index in [0.717, 1.165) is 40.7 Å². The Balaban J connectivity index is 1.21. The Morgan fingerprint density at radius 1 is 1.18 bits per heavy atom. The van der Waals surface area contributed by atoms with Crippen molar-refractivity contribution < 1.29 is 14.6 Å². The molecule has 0 spiro atoms. The van der Waals surface area contributed by atoms with Crippen molar-refractivity contribution in [3.63, 3.8) is 0 Å². The first-order valence-electron chi connectivity index (χ1n) is 12.1. The van der Waals surface area contributed by atoms with Gasteiger partial charge in [0.25, 0.3) is 5.91 Å². The molecule has 1 fully saturated rings. The minimum Gasteiger partial charge on any atom is -0.508 e. The van der Waals surface area contributed by atoms with E-state index in [-0.39, 0.29) is 22.3 Å². The first kappa shape index (κ1) is 26.5. The third kappa shape index (κ3) is 5.79. The van der Waals surface area contributed by atoms with E-state index in [1.54, 1.807) is 24.4 Å². The van der Waals surface area contributed by atoms with E-state index in [9.17, 15) is 9.90 Å². The Labute approximate surface area is 239 Å². The standard InChI is InChI=1S/C28H27ClIN5O3/c1-34(2)25-11-12-35(27(25)30)26(37)16-38-21-7-4-19(5-8-21)32-28-31-15-18-13-17(3-10-24(18)33-28)22-14-20(36)6-9-23(22)29/h3-10,13-15,25,27,36H,11-12,16H2,1-2H3,(H,31,32,33). The number of alkyl halides is 1. The highest BCUT2D eigenvalue weighted by Gasteiger charge is 2.36. The second-order valence-corrected chi connectivity index (χ2v) is 11.0. The van der Waals surface area contributed by atoms with Crippen molar-refractivity contribution in [2.45, 2.75) is 16.5 Å². The van der Waals surface area contributed by atoms with E-state index in [1.807, 2.05) is 61.5 Å². The predicted molar refractivity (Wildman–Crippen MR) is 158 cm³/mol. The van der Waals surface area contributed by atoms with Gasteiger partial charge in [0.2, 0.25) is 5.95 Å². The molecular formula is C28H27ClIN5O3. The predicted octanol–water partition coefficient (Wildman–Crippen LogP) is 5.70. The zero-order valence-electron chi connectivity index (χ0n) is 20.9. The molecule has 1 amide bonds. The van der Waals surface area contributed by atoms with Gasteiger partial charge in [-0.2, -0.15) is 0 Å². The number of likely N-dealkylation sites (tertiary alicyclic amines) is 1. The van der Waals surface area contributed by atoms with Gasteiger partial charge in [-0.25, -0.2) is 9.97 Å². The summed E-state index contributed by atoms with van der Waals surface area (Å²) in [6, 6.07) is 18.3. The lowest BCUT2D eigenvalue weighted by Gasteiger charge is -2.26. The van der Waals surface area contributed by atoms with Crippen molar-refractivity contribution in [3.8, 4) is 22.6 Å². The molecule has 0 aliphatic carbocycles. The van der Waals surface area contributed by atoms with Gasteiger partial charge in [-0.1, -0.05) is 40.3 Å². The minimum atomic E-state index is -0.00462. The molecule has 1 aromatic heterocycles. The third-order valence-electron chi connectivity index (χ3n) is 6.58. The molecule has 0 radical (unpaired) electrons. The first-order valence-corrected chi connectivity index (χ1v) is 13.8. The summed E-state index contributed by atoms with van der Waals surface area (Å²) in [6.07, 6.45) is 2.71. The minimum absolute atomic E-state index is 0.00462. The van der Waals surface area contributed by atoms with Crippen molar-refractivity contribution in [2.24, 2.45) is 0 Å². The number of anilines is 2. The van der Waals surface area contributed by atoms with Crippen LogP contribution in [0.5, 0.6) is 11.5 Å². The molecular weight excluding hydrogens is 617 g/mol. The van der Waals surface area contributed by atoms with Crippen molar-refractivity contribution in [3.05, 3.63) is 71.9 Å². The maximum atomic E-state index is 12.7. The van der Waals surface area contributed by atoms with Crippen molar-refractivity contribution >= 4 is 62.6 Å². The third-order valence-corrected chi connectivity index (χ3v) is 8.41. The molecule has 1 saturated heterocycles. The maximum Gasteiger partial charge on any atom is 0.261 e. The Morgan fingerprint density at radius 2 is 1.97 bits per heavy atom. The molecule has 38 heavy (non-hydrogen) atoms. The zero-order valence-corrected chi connectivity index (χ0v) is 23.8. The number of carbonyl (C=O) groups is 1. The Bertz CT molecular complexity index is 1470. The fourth-order valence-corrected chi connectivity index (χ4v) is 6.31. The average molecular weight is 644 g/mol. The highest BCUT2D eigenvalue weighted by atomic mass is 127. The number of halogens is 2. The number of nitrogens with zero attached hydrogens (tertiary/aromatic N) is 4. The van der Waals surface area contributed by atoms with Crippen LogP contribution in [0.4, 0.5) is 11.6 Å². The van der Waals surface area contributed by atoms with E-state index in [0.29, 0.717) is 22.8 Å². The van der Waals surface area contributed by atoms with Gasteiger partial charge in [-0.3, -0.25) is 4.79 Å². The van der Waals surface area contributed by atoms with Crippen molar-refractivity contribution in [2.75, 3.05) is 32.6 Å². The summed E-state index contributed by atoms with van der Waals surface area (Å²) in [4.78, 5) is 25.8. The fraction of sp³-hybridized carbons (Fsp3) is 0.250. The van der Waals surface area contributed by atoms with Crippen LogP contribution < -0.4 is 10.1 Å². The smallest absolute Gasteiger partial charge is 0.261 e. The number of benzene rings is 3. The normalized spacial score (nSPS) is 17.2. The topological polar surface area (TPSA) is 90.8 Å². The van der Waals surface area contributed by atoms with Crippen LogP contribution in [0, 0.1) is 0 Å². The summed E-state index contributed by atoms with van der Waals surface area (Å²) in [6.45, 7) is 0.758. The number of ether oxygens (including phenoxy) is 1. The van der Waals surface area contributed by atoms with Gasteiger partial charge < -0.3 is 25.0 Å². The van der Waals surface area contributed by atoms with E-state index < -0.39 is 0 Å². The van der Waals surface area contributed by atoms with E-state index in [4.69, 9.17) is 16.3 Å². The molecule has 10 heteroatoms. The highest BCUT2D eigenvalue weighted by Crippen LogP contribution is 2.33. The summed E-state index contributed by atoms with van der Waals surface area (Å²) in [7, 11) is 4.09. The largest absolute Gasteiger partial charge is 0.508 e. The molecule has 2 heterocycles. The summed E-state index contributed by atoms with van der Waals surface area (Å²) in [5.74, 6) is 1.23. The number of phenolic OH excluding ortho intramolecular Hbond substituents is 1. The second-order valence-electron chi connectivity index (χ2n) is 9.35. The van der Waals surface area contributed by atoms with Gasteiger partial charge in [0.15, 0.2) is 6.61 Å². The summed E-state index contributed by atoms with van der Waals surface area (Å²) >= 11 is 8.65. The van der Waals surface area contributed by atoms with Crippen LogP contribution in [-0.4, -0.2) is 68.1 Å². The van der Waals surface area contributed by atoms with Gasteiger partial charge in [0, 0.05) is 40.4 Å². The van der Waals surface area contributed by atoms with Crippen LogP contribution in [0.2, 0.25) is 5.02 Å². The molecule has 0 bridgehead atoms. The number of aromatic hydroxyl groups is 1. The average Bonchev–Trinajstić information content (AvgIpc) is 3.31. The molecule has 2 atom stereocenters. The monoisotopic (exact) mass is 643 g/mol. The number of carbonyl (C=O) groups excluding carboxylic acids is 1. The van der Waals surface area contributed by atoms with E-state index in [2.05, 4.69) is 42.8 Å². The molecule has 1 aliphatic rings. The number of amides is 1. The molecule has 3 aromatic carbocycles. The van der Waals surface area contributed by atoms with Crippen LogP contribution in [0.1, 0.15) is 6.42 Å². The van der Waals surface area contributed by atoms with Gasteiger partial charge in [0.1, 0.15) is 11.5 Å². The van der Waals surface area contributed by atoms with E-state index >= 15 is 0 Å². The Hall–Kier alpha value is -3.15. The van der Waals surface area contributed by atoms with Gasteiger partial charge >= 0.3 is 0 Å². The molecule has 196 valence electrons. The van der Waals surface area contributed by atoms with Crippen LogP contribution in [0.25, 0.3) is 22.0 Å². The number of rotatable bonds is 7. The number of fused-ring (bicyclic) bond motifs is 1. The lowest BCUT2D eigenvalue weighted by Crippen LogP contribution is -2.42. The summed E-state index contributed by atoms with van der Waals surface area (Å²) in [5, 5.41) is 14.4. The van der Waals surface area contributed by atoms with E-state index in [1.165, 1.54) is 0 Å². The van der Waals surface area contributed by atoms with Gasteiger partial charge in [0.05, 0.1) is 9.57 Å². The molecule has 5 rings (SSSR count). The molecule has 4 aromatic rings. The molecule has 8 nitrogen and oxygen atoms in total. The van der Waals surface area contributed by atoms with Crippen LogP contribution in [0.15, 0.2) is 66.9 Å². The Kier molecular flexibility index (Phi) is 7.87. The number of aromatic nitrogens is 2. The fourth-order valence-electron chi connectivity index (χ4n) is 4.49. The van der Waals surface area contributed by atoms with Gasteiger partial charge in [-0.05, 0) is 80.7 Å². The van der Waals surface area contributed by atoms with Crippen LogP contribution >= 0.6 is 34.2 Å². The number of hydrogen-bond donors (Lipinski definition) is 2. The summed E-state index contributed by atoms with van der Waals surface area (Å²) < 4.78 is 5.90. The van der Waals surface area contributed by atoms with Crippen molar-refractivity contribution in [1.82, 2.24) is 19.8 Å². The second kappa shape index (κ2) is 11.3. The van der Waals surface area contributed by atoms with Crippen LogP contribution in [-0.2, 0) is 4.79 Å². The zero-order chi connectivity index (χ0) is 26.8. The SMILES string of the molecule is CN(C)C1CCN(C(=O)COc2ccc(Nc3ncc4cc(-c5cc(O)ccc5Cl)ccc4n3)cc2)C1I. The lowest BCUT2D eigenvalue weighted by molar-refractivity contribution is -0.132. The van der Waals surface area contributed by atoms with Crippen LogP contribution in [0.3, 0.4) is 0 Å². The Morgan fingerprint density at radius 3 is 2.71 bits per heavy atom. The number of phenols is 1. The number of likely N-dealkylation sites (N-methyl/N-ethyl adjacent to an activating group) is 1. The first-order chi connectivity index (χ1) is 18.3. The number of hydrogen-bond acceptors (Lipinski definition) is 7. The molecule has 2 N–H and O–H groups in total. The molecule has 1 aliphatic heterocycles. The molecule has 0 saturated carbocycles. The maximum absolute atomic E-state index is 12.7. The number of nitrogens with one attached hydrogen (secondary N) is 1. The molecule has 2 unspecified atom stereocenters. The summed E-state index contributed by atoms with van der Waals surface area (Å²) in [5.41, 5.74) is 3.18. The van der Waals surface area contributed by atoms with Gasteiger partial charge in [-0.15, -0.1) is 0 Å². The highest BCUT2D eigenvalue weighted by molar-refractivity contribution is 14.1. The van der Waals surface area contributed by atoms with Crippen molar-refractivity contribution in [1.29, 1.82) is 0 Å². The lowest BCUT2D eigenvalue weighted by atomic mass is 10.0.